The molecule has 62 valence electrons. The molecule has 2 nitrogen and oxygen atoms in total. The Labute approximate surface area is 66.9 Å². The third-order valence-corrected chi connectivity index (χ3v) is 2.15. The number of hydrogen-bond acceptors (Lipinski definition) is 2. The largest absolute Gasteiger partial charge is 0.545 e. The minimum atomic E-state index is -1.07. The van der Waals surface area contributed by atoms with Gasteiger partial charge in [0, 0.05) is 0 Å². The maximum atomic E-state index is 10.0. The molecule has 0 aromatic carbocycles. The Bertz CT molecular complexity index is 155. The lowest BCUT2D eigenvalue weighted by atomic mass is 9.89. The first-order valence-corrected chi connectivity index (χ1v) is 4.18. The molecule has 0 aromatic heterocycles. The van der Waals surface area contributed by atoms with Gasteiger partial charge in [-0.1, -0.05) is 25.3 Å². The highest BCUT2D eigenvalue weighted by atomic mass is 16.4. The quantitative estimate of drug-likeness (QED) is 0.552. The molecule has 2 heteroatoms. The van der Waals surface area contributed by atoms with Crippen molar-refractivity contribution in [1.82, 2.24) is 0 Å². The summed E-state index contributed by atoms with van der Waals surface area (Å²) >= 11 is 0. The number of aliphatic carboxylic acids is 1. The number of rotatable bonds is 2. The first kappa shape index (κ1) is 8.31. The summed E-state index contributed by atoms with van der Waals surface area (Å²) in [4.78, 5) is 10.0. The SMILES string of the molecule is O=C([O-])/C=C/C1CCCCC1. The van der Waals surface area contributed by atoms with Crippen molar-refractivity contribution in [2.75, 3.05) is 0 Å². The molecule has 0 N–H and O–H groups in total. The van der Waals surface area contributed by atoms with Crippen LogP contribution in [0, 0.1) is 5.92 Å². The van der Waals surface area contributed by atoms with Crippen LogP contribution in [0.15, 0.2) is 12.2 Å². The number of hydrogen-bond donors (Lipinski definition) is 0. The van der Waals surface area contributed by atoms with E-state index in [-0.39, 0.29) is 0 Å². The molecule has 0 amide bonds. The summed E-state index contributed by atoms with van der Waals surface area (Å²) < 4.78 is 0. The molecule has 0 spiro atoms. The Balaban J connectivity index is 2.29. The maximum Gasteiger partial charge on any atom is 0.0639 e. The van der Waals surface area contributed by atoms with Crippen molar-refractivity contribution in [3.8, 4) is 0 Å². The van der Waals surface area contributed by atoms with Crippen molar-refractivity contribution in [3.63, 3.8) is 0 Å². The standard InChI is InChI=1S/C9H14O2/c10-9(11)7-6-8-4-2-1-3-5-8/h6-8H,1-5H2,(H,10,11)/p-1/b7-6+. The van der Waals surface area contributed by atoms with Gasteiger partial charge in [0.25, 0.3) is 0 Å². The van der Waals surface area contributed by atoms with Crippen LogP contribution in [0.2, 0.25) is 0 Å². The second-order valence-electron chi connectivity index (χ2n) is 3.08. The monoisotopic (exact) mass is 153 g/mol. The molecule has 0 aliphatic heterocycles. The van der Waals surface area contributed by atoms with Crippen molar-refractivity contribution in [3.05, 3.63) is 12.2 Å². The van der Waals surface area contributed by atoms with E-state index in [2.05, 4.69) is 0 Å². The highest BCUT2D eigenvalue weighted by Gasteiger charge is 2.08. The van der Waals surface area contributed by atoms with Crippen LogP contribution in [0.25, 0.3) is 0 Å². The Hall–Kier alpha value is -0.790. The molecule has 0 heterocycles. The van der Waals surface area contributed by atoms with Crippen LogP contribution in [0.1, 0.15) is 32.1 Å². The summed E-state index contributed by atoms with van der Waals surface area (Å²) in [6.07, 6.45) is 9.00. The number of carboxylic acids is 1. The highest BCUT2D eigenvalue weighted by molar-refractivity contribution is 5.77. The van der Waals surface area contributed by atoms with Crippen molar-refractivity contribution in [2.24, 2.45) is 5.92 Å². The van der Waals surface area contributed by atoms with Crippen LogP contribution in [-0.4, -0.2) is 5.97 Å². The Morgan fingerprint density at radius 1 is 1.27 bits per heavy atom. The van der Waals surface area contributed by atoms with E-state index >= 15 is 0 Å². The molecule has 0 bridgehead atoms. The van der Waals surface area contributed by atoms with Crippen molar-refractivity contribution < 1.29 is 9.90 Å². The Morgan fingerprint density at radius 3 is 2.45 bits per heavy atom. The lowest BCUT2D eigenvalue weighted by Gasteiger charge is -2.17. The summed E-state index contributed by atoms with van der Waals surface area (Å²) in [6.45, 7) is 0. The summed E-state index contributed by atoms with van der Waals surface area (Å²) in [5.41, 5.74) is 0. The van der Waals surface area contributed by atoms with E-state index in [1.165, 1.54) is 19.3 Å². The predicted octanol–water partition coefficient (Wildman–Crippen LogP) is 0.873. The zero-order valence-corrected chi connectivity index (χ0v) is 6.58. The van der Waals surface area contributed by atoms with Crippen LogP contribution in [0.5, 0.6) is 0 Å². The molecule has 0 radical (unpaired) electrons. The van der Waals surface area contributed by atoms with Gasteiger partial charge < -0.3 is 9.90 Å². The van der Waals surface area contributed by atoms with Gasteiger partial charge in [-0.2, -0.15) is 0 Å². The molecule has 0 saturated heterocycles. The average molecular weight is 153 g/mol. The molecule has 11 heavy (non-hydrogen) atoms. The number of allylic oxidation sites excluding steroid dienone is 1. The number of carboxylic acid groups (broad SMARTS) is 1. The first-order valence-electron chi connectivity index (χ1n) is 4.18. The molecule has 1 fully saturated rings. The zero-order chi connectivity index (χ0) is 8.10. The fourth-order valence-electron chi connectivity index (χ4n) is 1.54. The highest BCUT2D eigenvalue weighted by Crippen LogP contribution is 2.24. The van der Waals surface area contributed by atoms with E-state index in [4.69, 9.17) is 0 Å². The van der Waals surface area contributed by atoms with E-state index in [9.17, 15) is 9.90 Å². The normalized spacial score (nSPS) is 20.7. The van der Waals surface area contributed by atoms with E-state index in [1.54, 1.807) is 6.08 Å². The third kappa shape index (κ3) is 3.21. The first-order chi connectivity index (χ1) is 5.29. The Kier molecular flexibility index (Phi) is 3.14. The maximum absolute atomic E-state index is 10.0. The van der Waals surface area contributed by atoms with Crippen molar-refractivity contribution in [2.45, 2.75) is 32.1 Å². The second-order valence-corrected chi connectivity index (χ2v) is 3.08. The van der Waals surface area contributed by atoms with Gasteiger partial charge in [0.1, 0.15) is 0 Å². The van der Waals surface area contributed by atoms with Gasteiger partial charge in [-0.15, -0.1) is 0 Å². The minimum Gasteiger partial charge on any atom is -0.545 e. The van der Waals surface area contributed by atoms with Gasteiger partial charge in [0.2, 0.25) is 0 Å². The second kappa shape index (κ2) is 4.16. The number of carbonyl (C=O) groups is 1. The molecule has 0 unspecified atom stereocenters. The fourth-order valence-corrected chi connectivity index (χ4v) is 1.54. The van der Waals surface area contributed by atoms with Gasteiger partial charge in [0.15, 0.2) is 0 Å². The molecule has 1 rings (SSSR count). The summed E-state index contributed by atoms with van der Waals surface area (Å²) in [5.74, 6) is -0.586. The summed E-state index contributed by atoms with van der Waals surface area (Å²) in [6, 6.07) is 0. The fraction of sp³-hybridized carbons (Fsp3) is 0.667. The van der Waals surface area contributed by atoms with Crippen LogP contribution in [-0.2, 0) is 4.79 Å². The van der Waals surface area contributed by atoms with Gasteiger partial charge in [0.05, 0.1) is 5.97 Å². The van der Waals surface area contributed by atoms with Crippen LogP contribution < -0.4 is 5.11 Å². The van der Waals surface area contributed by atoms with E-state index in [0.717, 1.165) is 18.9 Å². The van der Waals surface area contributed by atoms with Crippen LogP contribution in [0.3, 0.4) is 0 Å². The topological polar surface area (TPSA) is 40.1 Å². The van der Waals surface area contributed by atoms with Crippen LogP contribution in [0.4, 0.5) is 0 Å². The van der Waals surface area contributed by atoms with Crippen molar-refractivity contribution in [1.29, 1.82) is 0 Å². The number of carbonyl (C=O) groups excluding carboxylic acids is 1. The van der Waals surface area contributed by atoms with Gasteiger partial charge in [-0.25, -0.2) is 0 Å². The molecule has 1 saturated carbocycles. The van der Waals surface area contributed by atoms with E-state index in [1.807, 2.05) is 0 Å². The Morgan fingerprint density at radius 2 is 1.91 bits per heavy atom. The third-order valence-electron chi connectivity index (χ3n) is 2.15. The molecule has 0 aromatic rings. The van der Waals surface area contributed by atoms with E-state index in [0.29, 0.717) is 5.92 Å². The lowest BCUT2D eigenvalue weighted by Crippen LogP contribution is -2.19. The van der Waals surface area contributed by atoms with Gasteiger partial charge in [-0.05, 0) is 24.8 Å². The van der Waals surface area contributed by atoms with Gasteiger partial charge >= 0.3 is 0 Å². The minimum absolute atomic E-state index is 0.488. The predicted molar refractivity (Wildman–Crippen MR) is 40.7 cm³/mol. The van der Waals surface area contributed by atoms with Gasteiger partial charge in [-0.3, -0.25) is 0 Å². The van der Waals surface area contributed by atoms with Crippen LogP contribution >= 0.6 is 0 Å². The van der Waals surface area contributed by atoms with E-state index < -0.39 is 5.97 Å². The molecular formula is C9H13O2-. The summed E-state index contributed by atoms with van der Waals surface area (Å²) in [7, 11) is 0. The molecule has 1 aliphatic rings. The molecule has 1 aliphatic carbocycles. The average Bonchev–Trinajstić information content (AvgIpc) is 2.03. The molecule has 0 atom stereocenters. The molecular weight excluding hydrogens is 140 g/mol. The summed E-state index contributed by atoms with van der Waals surface area (Å²) in [5, 5.41) is 10.0. The lowest BCUT2D eigenvalue weighted by molar-refractivity contribution is -0.297. The smallest absolute Gasteiger partial charge is 0.0639 e. The zero-order valence-electron chi connectivity index (χ0n) is 6.58. The van der Waals surface area contributed by atoms with Crippen molar-refractivity contribution >= 4 is 5.97 Å².